The number of hydrogen-bond donors (Lipinski definition) is 0. The van der Waals surface area contributed by atoms with E-state index in [2.05, 4.69) is 28.9 Å². The summed E-state index contributed by atoms with van der Waals surface area (Å²) < 4.78 is 6.34. The van der Waals surface area contributed by atoms with Gasteiger partial charge in [-0.05, 0) is 72.7 Å². The topological polar surface area (TPSA) is 25.4 Å². The molecule has 0 atom stereocenters. The number of piperidine rings is 1. The van der Waals surface area contributed by atoms with E-state index in [9.17, 15) is 0 Å². The lowest BCUT2D eigenvalue weighted by Gasteiger charge is -2.32. The van der Waals surface area contributed by atoms with Gasteiger partial charge in [-0.15, -0.1) is 0 Å². The number of fused-ring (bicyclic) bond motifs is 1. The minimum atomic E-state index is 0.252. The van der Waals surface area contributed by atoms with Gasteiger partial charge in [0.2, 0.25) is 0 Å². The zero-order chi connectivity index (χ0) is 18.8. The molecule has 140 valence electrons. The maximum atomic E-state index is 6.34. The zero-order valence-electron chi connectivity index (χ0n) is 15.3. The van der Waals surface area contributed by atoms with Crippen LogP contribution in [-0.2, 0) is 6.54 Å². The molecule has 4 rings (SSSR count). The van der Waals surface area contributed by atoms with Gasteiger partial charge in [0.25, 0.3) is 0 Å². The van der Waals surface area contributed by atoms with Crippen LogP contribution in [0.5, 0.6) is 5.75 Å². The average Bonchev–Trinajstić information content (AvgIpc) is 2.63. The van der Waals surface area contributed by atoms with Crippen molar-refractivity contribution in [2.24, 2.45) is 0 Å². The van der Waals surface area contributed by atoms with Crippen LogP contribution in [0, 0.1) is 6.92 Å². The van der Waals surface area contributed by atoms with Crippen molar-refractivity contribution in [1.29, 1.82) is 0 Å². The van der Waals surface area contributed by atoms with Crippen molar-refractivity contribution in [3.05, 3.63) is 70.0 Å². The average molecular weight is 401 g/mol. The highest BCUT2D eigenvalue weighted by Crippen LogP contribution is 2.28. The molecule has 1 fully saturated rings. The highest BCUT2D eigenvalue weighted by molar-refractivity contribution is 6.34. The summed E-state index contributed by atoms with van der Waals surface area (Å²) in [4.78, 5) is 6.62. The summed E-state index contributed by atoms with van der Waals surface area (Å²) in [5.41, 5.74) is 2.32. The molecular weight excluding hydrogens is 379 g/mol. The van der Waals surface area contributed by atoms with Crippen LogP contribution in [0.2, 0.25) is 10.0 Å². The largest absolute Gasteiger partial charge is 0.490 e. The van der Waals surface area contributed by atoms with E-state index in [1.54, 1.807) is 6.07 Å². The van der Waals surface area contributed by atoms with Crippen LogP contribution in [0.3, 0.4) is 0 Å². The Kier molecular flexibility index (Phi) is 5.53. The maximum Gasteiger partial charge on any atom is 0.123 e. The number of hydrogen-bond acceptors (Lipinski definition) is 3. The van der Waals surface area contributed by atoms with Gasteiger partial charge in [-0.2, -0.15) is 0 Å². The van der Waals surface area contributed by atoms with Crippen molar-refractivity contribution in [2.75, 3.05) is 13.1 Å². The molecule has 0 unspecified atom stereocenters. The van der Waals surface area contributed by atoms with Gasteiger partial charge in [-0.1, -0.05) is 23.2 Å². The number of nitrogens with zero attached hydrogens (tertiary/aromatic N) is 2. The highest BCUT2D eigenvalue weighted by atomic mass is 35.5. The molecule has 2 aromatic carbocycles. The molecule has 5 heteroatoms. The van der Waals surface area contributed by atoms with Crippen LogP contribution < -0.4 is 4.74 Å². The first-order valence-corrected chi connectivity index (χ1v) is 10.0. The Hall–Kier alpha value is -1.81. The summed E-state index contributed by atoms with van der Waals surface area (Å²) in [5.74, 6) is 0.980. The predicted molar refractivity (Wildman–Crippen MR) is 112 cm³/mol. The van der Waals surface area contributed by atoms with Gasteiger partial charge in [-0.25, -0.2) is 0 Å². The minimum Gasteiger partial charge on any atom is -0.490 e. The Labute approximate surface area is 169 Å². The number of halogens is 2. The van der Waals surface area contributed by atoms with Crippen molar-refractivity contribution in [3.63, 3.8) is 0 Å². The Morgan fingerprint density at radius 2 is 1.78 bits per heavy atom. The number of ether oxygens (including phenoxy) is 1. The Morgan fingerprint density at radius 3 is 2.52 bits per heavy atom. The Morgan fingerprint density at radius 1 is 1.04 bits per heavy atom. The molecule has 1 saturated heterocycles. The number of aryl methyl sites for hydroxylation is 1. The van der Waals surface area contributed by atoms with E-state index in [-0.39, 0.29) is 6.10 Å². The summed E-state index contributed by atoms with van der Waals surface area (Å²) >= 11 is 12.2. The fraction of sp³-hybridized carbons (Fsp3) is 0.318. The van der Waals surface area contributed by atoms with Crippen LogP contribution in [0.1, 0.15) is 24.0 Å². The molecule has 0 aliphatic carbocycles. The third-order valence-corrected chi connectivity index (χ3v) is 5.53. The van der Waals surface area contributed by atoms with E-state index in [1.807, 2.05) is 30.6 Å². The molecule has 27 heavy (non-hydrogen) atoms. The van der Waals surface area contributed by atoms with Crippen LogP contribution in [-0.4, -0.2) is 29.1 Å². The molecule has 3 aromatic rings. The molecule has 0 bridgehead atoms. The lowest BCUT2D eigenvalue weighted by atomic mass is 10.1. The third-order valence-electron chi connectivity index (χ3n) is 5.09. The second-order valence-electron chi connectivity index (χ2n) is 7.21. The van der Waals surface area contributed by atoms with Gasteiger partial charge in [-0.3, -0.25) is 9.88 Å². The standard InChI is InChI=1S/C22H22Cl2N2O/c1-15-8-18-13-25-5-2-17(18)11-22(15)27-21-3-6-26(7-4-21)14-16-9-19(23)12-20(24)10-16/h2,5,8-13,21H,3-4,6-7,14H2,1H3. The lowest BCUT2D eigenvalue weighted by molar-refractivity contribution is 0.0964. The van der Waals surface area contributed by atoms with Gasteiger partial charge in [0.05, 0.1) is 0 Å². The molecule has 2 heterocycles. The molecule has 1 aromatic heterocycles. The van der Waals surface area contributed by atoms with Gasteiger partial charge in [0, 0.05) is 47.5 Å². The van der Waals surface area contributed by atoms with Crippen molar-refractivity contribution in [2.45, 2.75) is 32.4 Å². The molecule has 3 nitrogen and oxygen atoms in total. The number of likely N-dealkylation sites (tertiary alicyclic amines) is 1. The second kappa shape index (κ2) is 8.05. The molecule has 0 spiro atoms. The van der Waals surface area contributed by atoms with Crippen LogP contribution in [0.25, 0.3) is 10.8 Å². The fourth-order valence-corrected chi connectivity index (χ4v) is 4.25. The molecule has 1 aliphatic rings. The first-order chi connectivity index (χ1) is 13.1. The summed E-state index contributed by atoms with van der Waals surface area (Å²) in [6.07, 6.45) is 6.00. The molecule has 0 amide bonds. The van der Waals surface area contributed by atoms with Crippen molar-refractivity contribution >= 4 is 34.0 Å². The van der Waals surface area contributed by atoms with Gasteiger partial charge in [0.15, 0.2) is 0 Å². The fourth-order valence-electron chi connectivity index (χ4n) is 3.68. The zero-order valence-corrected chi connectivity index (χ0v) is 16.8. The van der Waals surface area contributed by atoms with E-state index in [1.165, 1.54) is 5.39 Å². The normalized spacial score (nSPS) is 16.0. The minimum absolute atomic E-state index is 0.252. The number of pyridine rings is 1. The van der Waals surface area contributed by atoms with Gasteiger partial charge >= 0.3 is 0 Å². The monoisotopic (exact) mass is 400 g/mol. The summed E-state index contributed by atoms with van der Waals surface area (Å²) in [6, 6.07) is 12.1. The van der Waals surface area contributed by atoms with E-state index >= 15 is 0 Å². The van der Waals surface area contributed by atoms with Crippen molar-refractivity contribution in [1.82, 2.24) is 9.88 Å². The lowest BCUT2D eigenvalue weighted by Crippen LogP contribution is -2.37. The van der Waals surface area contributed by atoms with Crippen LogP contribution >= 0.6 is 23.2 Å². The van der Waals surface area contributed by atoms with Crippen LogP contribution in [0.15, 0.2) is 48.8 Å². The van der Waals surface area contributed by atoms with Crippen molar-refractivity contribution in [3.8, 4) is 5.75 Å². The Balaban J connectivity index is 1.37. The maximum absolute atomic E-state index is 6.34. The highest BCUT2D eigenvalue weighted by Gasteiger charge is 2.21. The van der Waals surface area contributed by atoms with E-state index in [4.69, 9.17) is 27.9 Å². The van der Waals surface area contributed by atoms with Crippen molar-refractivity contribution < 1.29 is 4.74 Å². The SMILES string of the molecule is Cc1cc2cnccc2cc1OC1CCN(Cc2cc(Cl)cc(Cl)c2)CC1. The van der Waals surface area contributed by atoms with E-state index < -0.39 is 0 Å². The van der Waals surface area contributed by atoms with Gasteiger partial charge in [0.1, 0.15) is 11.9 Å². The third kappa shape index (κ3) is 4.55. The molecule has 1 aliphatic heterocycles. The number of aromatic nitrogens is 1. The summed E-state index contributed by atoms with van der Waals surface area (Å²) in [5, 5.41) is 3.70. The molecule has 0 N–H and O–H groups in total. The second-order valence-corrected chi connectivity index (χ2v) is 8.08. The quantitative estimate of drug-likeness (QED) is 0.545. The molecular formula is C22H22Cl2N2O. The Bertz CT molecular complexity index is 932. The number of rotatable bonds is 4. The van der Waals surface area contributed by atoms with E-state index in [0.717, 1.165) is 54.7 Å². The summed E-state index contributed by atoms with van der Waals surface area (Å²) in [6.45, 7) is 4.98. The predicted octanol–water partition coefficient (Wildman–Crippen LogP) is 5.89. The molecule has 0 radical (unpaired) electrons. The molecule has 0 saturated carbocycles. The van der Waals surface area contributed by atoms with E-state index in [0.29, 0.717) is 10.0 Å². The first kappa shape index (κ1) is 18.5. The number of benzene rings is 2. The first-order valence-electron chi connectivity index (χ1n) is 9.25. The van der Waals surface area contributed by atoms with Gasteiger partial charge < -0.3 is 4.74 Å². The summed E-state index contributed by atoms with van der Waals surface area (Å²) in [7, 11) is 0. The van der Waals surface area contributed by atoms with Crippen LogP contribution in [0.4, 0.5) is 0 Å². The smallest absolute Gasteiger partial charge is 0.123 e.